The minimum atomic E-state index is -1.01. The Kier molecular flexibility index (Phi) is 7.21. The van der Waals surface area contributed by atoms with Crippen LogP contribution < -0.4 is 5.32 Å². The van der Waals surface area contributed by atoms with Gasteiger partial charge in [-0.05, 0) is 44.5 Å². The molecule has 2 N–H and O–H groups in total. The van der Waals surface area contributed by atoms with Crippen molar-refractivity contribution in [3.63, 3.8) is 0 Å². The monoisotopic (exact) mass is 333 g/mol. The summed E-state index contributed by atoms with van der Waals surface area (Å²) in [5, 5.41) is 11.0. The van der Waals surface area contributed by atoms with Gasteiger partial charge in [-0.3, -0.25) is 14.5 Å². The predicted octanol–water partition coefficient (Wildman–Crippen LogP) is 1.03. The molecule has 24 heavy (non-hydrogen) atoms. The molecule has 1 saturated heterocycles. The second kappa shape index (κ2) is 9.39. The lowest BCUT2D eigenvalue weighted by Gasteiger charge is -2.33. The summed E-state index contributed by atoms with van der Waals surface area (Å²) in [5.74, 6) is -0.572. The zero-order valence-electron chi connectivity index (χ0n) is 14.3. The molecule has 1 aromatic rings. The maximum atomic E-state index is 11.7. The van der Waals surface area contributed by atoms with Crippen LogP contribution in [0.25, 0.3) is 0 Å². The number of carbonyl (C=O) groups excluding carboxylic acids is 1. The summed E-state index contributed by atoms with van der Waals surface area (Å²) < 4.78 is 0. The summed E-state index contributed by atoms with van der Waals surface area (Å²) in [6, 6.07) is 10.5. The van der Waals surface area contributed by atoms with Crippen molar-refractivity contribution in [2.24, 2.45) is 5.92 Å². The molecular weight excluding hydrogens is 306 g/mol. The molecule has 0 unspecified atom stereocenters. The zero-order chi connectivity index (χ0) is 17.4. The maximum Gasteiger partial charge on any atom is 0.322 e. The molecule has 0 bridgehead atoms. The van der Waals surface area contributed by atoms with Crippen LogP contribution in [0.3, 0.4) is 0 Å². The Morgan fingerprint density at radius 2 is 1.92 bits per heavy atom. The number of nitrogens with zero attached hydrogens (tertiary/aromatic N) is 2. The van der Waals surface area contributed by atoms with Crippen molar-refractivity contribution in [3.05, 3.63) is 35.9 Å². The zero-order valence-corrected chi connectivity index (χ0v) is 14.3. The molecule has 6 heteroatoms. The third-order valence-corrected chi connectivity index (χ3v) is 4.38. The molecule has 0 aromatic heterocycles. The van der Waals surface area contributed by atoms with E-state index >= 15 is 0 Å². The number of piperidine rings is 1. The van der Waals surface area contributed by atoms with E-state index in [1.807, 2.05) is 6.07 Å². The third kappa shape index (κ3) is 6.68. The van der Waals surface area contributed by atoms with Crippen LogP contribution >= 0.6 is 0 Å². The Hall–Kier alpha value is -1.92. The van der Waals surface area contributed by atoms with Crippen molar-refractivity contribution >= 4 is 11.9 Å². The van der Waals surface area contributed by atoms with E-state index < -0.39 is 5.97 Å². The van der Waals surface area contributed by atoms with Crippen LogP contribution in [-0.2, 0) is 16.1 Å². The summed E-state index contributed by atoms with van der Waals surface area (Å²) >= 11 is 0. The number of benzene rings is 1. The molecule has 0 aliphatic carbocycles. The molecule has 0 atom stereocenters. The first-order valence-corrected chi connectivity index (χ1v) is 8.46. The number of likely N-dealkylation sites (tertiary alicyclic amines) is 1. The number of carbonyl (C=O) groups is 2. The highest BCUT2D eigenvalue weighted by Gasteiger charge is 2.22. The highest BCUT2D eigenvalue weighted by molar-refractivity contribution is 5.82. The van der Waals surface area contributed by atoms with E-state index in [9.17, 15) is 9.59 Å². The van der Waals surface area contributed by atoms with E-state index in [1.54, 1.807) is 0 Å². The molecule has 1 fully saturated rings. The molecule has 132 valence electrons. The van der Waals surface area contributed by atoms with Crippen LogP contribution in [0.15, 0.2) is 30.3 Å². The Bertz CT molecular complexity index is 528. The lowest BCUT2D eigenvalue weighted by Crippen LogP contribution is -2.43. The number of aliphatic carboxylic acids is 1. The summed E-state index contributed by atoms with van der Waals surface area (Å²) in [7, 11) is 2.15. The summed E-state index contributed by atoms with van der Waals surface area (Å²) in [4.78, 5) is 26.6. The first kappa shape index (κ1) is 18.4. The van der Waals surface area contributed by atoms with Gasteiger partial charge in [0.05, 0.1) is 6.54 Å². The average molecular weight is 333 g/mol. The molecule has 0 saturated carbocycles. The van der Waals surface area contributed by atoms with Gasteiger partial charge in [-0.2, -0.15) is 0 Å². The maximum absolute atomic E-state index is 11.7. The first-order valence-electron chi connectivity index (χ1n) is 8.46. The largest absolute Gasteiger partial charge is 0.480 e. The molecule has 0 spiro atoms. The van der Waals surface area contributed by atoms with Gasteiger partial charge >= 0.3 is 5.97 Å². The predicted molar refractivity (Wildman–Crippen MR) is 92.6 cm³/mol. The molecule has 6 nitrogen and oxygen atoms in total. The molecule has 2 rings (SSSR count). The minimum absolute atomic E-state index is 0.211. The fourth-order valence-corrected chi connectivity index (χ4v) is 3.16. The fraction of sp³-hybridized carbons (Fsp3) is 0.556. The van der Waals surface area contributed by atoms with Gasteiger partial charge in [0.2, 0.25) is 5.91 Å². The third-order valence-electron chi connectivity index (χ3n) is 4.38. The summed E-state index contributed by atoms with van der Waals surface area (Å²) in [6.07, 6.45) is 2.15. The second-order valence-corrected chi connectivity index (χ2v) is 6.57. The Morgan fingerprint density at radius 3 is 2.54 bits per heavy atom. The number of nitrogens with one attached hydrogen (secondary N) is 1. The Morgan fingerprint density at radius 1 is 1.25 bits per heavy atom. The smallest absolute Gasteiger partial charge is 0.322 e. The molecule has 0 radical (unpaired) electrons. The normalized spacial score (nSPS) is 16.2. The van der Waals surface area contributed by atoms with Crippen molar-refractivity contribution in [3.8, 4) is 0 Å². The average Bonchev–Trinajstić information content (AvgIpc) is 2.55. The van der Waals surface area contributed by atoms with Gasteiger partial charge in [0, 0.05) is 13.1 Å². The lowest BCUT2D eigenvalue weighted by atomic mass is 9.96. The van der Waals surface area contributed by atoms with Gasteiger partial charge in [-0.25, -0.2) is 0 Å². The second-order valence-electron chi connectivity index (χ2n) is 6.57. The molecule has 1 aliphatic heterocycles. The quantitative estimate of drug-likeness (QED) is 0.743. The standard InChI is InChI=1S/C18H27N3O3/c1-20(12-15-5-3-2-4-6-15)13-16-7-9-21(10-8-16)14-17(22)19-11-18(23)24/h2-6,16H,7-14H2,1H3,(H,19,22)(H,23,24). The van der Waals surface area contributed by atoms with Gasteiger partial charge in [0.25, 0.3) is 0 Å². The minimum Gasteiger partial charge on any atom is -0.480 e. The van der Waals surface area contributed by atoms with Crippen molar-refractivity contribution in [1.29, 1.82) is 0 Å². The Labute approximate surface area is 143 Å². The van der Waals surface area contributed by atoms with Crippen molar-refractivity contribution in [1.82, 2.24) is 15.1 Å². The number of hydrogen-bond donors (Lipinski definition) is 2. The molecular formula is C18H27N3O3. The number of amides is 1. The molecule has 1 heterocycles. The van der Waals surface area contributed by atoms with E-state index in [2.05, 4.69) is 46.4 Å². The SMILES string of the molecule is CN(Cc1ccccc1)CC1CCN(CC(=O)NCC(=O)O)CC1. The van der Waals surface area contributed by atoms with Gasteiger partial charge in [-0.15, -0.1) is 0 Å². The van der Waals surface area contributed by atoms with Crippen molar-refractivity contribution in [2.45, 2.75) is 19.4 Å². The molecule has 1 aliphatic rings. The van der Waals surface area contributed by atoms with E-state index in [1.165, 1.54) is 5.56 Å². The van der Waals surface area contributed by atoms with E-state index in [0.29, 0.717) is 12.5 Å². The van der Waals surface area contributed by atoms with Gasteiger partial charge in [0.1, 0.15) is 6.54 Å². The Balaban J connectivity index is 1.65. The summed E-state index contributed by atoms with van der Waals surface area (Å²) in [6.45, 7) is 3.79. The number of rotatable bonds is 8. The lowest BCUT2D eigenvalue weighted by molar-refractivity contribution is -0.138. The van der Waals surface area contributed by atoms with E-state index in [0.717, 1.165) is 39.0 Å². The van der Waals surface area contributed by atoms with Crippen LogP contribution in [0.2, 0.25) is 0 Å². The van der Waals surface area contributed by atoms with E-state index in [4.69, 9.17) is 5.11 Å². The highest BCUT2D eigenvalue weighted by atomic mass is 16.4. The van der Waals surface area contributed by atoms with Crippen LogP contribution in [0.4, 0.5) is 0 Å². The highest BCUT2D eigenvalue weighted by Crippen LogP contribution is 2.18. The fourth-order valence-electron chi connectivity index (χ4n) is 3.16. The number of hydrogen-bond acceptors (Lipinski definition) is 4. The van der Waals surface area contributed by atoms with Crippen LogP contribution in [-0.4, -0.2) is 66.6 Å². The number of carboxylic acid groups (broad SMARTS) is 1. The molecule has 1 aromatic carbocycles. The van der Waals surface area contributed by atoms with Crippen LogP contribution in [0.1, 0.15) is 18.4 Å². The van der Waals surface area contributed by atoms with Crippen molar-refractivity contribution < 1.29 is 14.7 Å². The van der Waals surface area contributed by atoms with Gasteiger partial charge < -0.3 is 15.3 Å². The molecule has 1 amide bonds. The van der Waals surface area contributed by atoms with E-state index in [-0.39, 0.29) is 12.5 Å². The van der Waals surface area contributed by atoms with Crippen molar-refractivity contribution in [2.75, 3.05) is 39.8 Å². The van der Waals surface area contributed by atoms with Crippen LogP contribution in [0.5, 0.6) is 0 Å². The topological polar surface area (TPSA) is 72.9 Å². The van der Waals surface area contributed by atoms with Crippen LogP contribution in [0, 0.1) is 5.92 Å². The van der Waals surface area contributed by atoms with Gasteiger partial charge in [0.15, 0.2) is 0 Å². The van der Waals surface area contributed by atoms with Gasteiger partial charge in [-0.1, -0.05) is 30.3 Å². The number of carboxylic acids is 1. The summed E-state index contributed by atoms with van der Waals surface area (Å²) in [5.41, 5.74) is 1.33. The first-order chi connectivity index (χ1) is 11.5.